The summed E-state index contributed by atoms with van der Waals surface area (Å²) in [5.41, 5.74) is 0. The van der Waals surface area contributed by atoms with Crippen LogP contribution in [0.4, 0.5) is 0 Å². The van der Waals surface area contributed by atoms with Crippen molar-refractivity contribution in [3.05, 3.63) is 12.2 Å². The molecule has 0 aliphatic carbocycles. The van der Waals surface area contributed by atoms with E-state index in [2.05, 4.69) is 35.9 Å². The molecule has 0 fully saturated rings. The van der Waals surface area contributed by atoms with Gasteiger partial charge in [-0.25, -0.2) is 0 Å². The summed E-state index contributed by atoms with van der Waals surface area (Å²) in [5, 5.41) is 0. The van der Waals surface area contributed by atoms with Gasteiger partial charge in [-0.1, -0.05) is 83.8 Å². The molecule has 1 heterocycles. The second kappa shape index (κ2) is 16.7. The Bertz CT molecular complexity index is 346. The van der Waals surface area contributed by atoms with Crippen LogP contribution in [0.1, 0.15) is 110 Å². The van der Waals surface area contributed by atoms with Crippen LogP contribution < -0.4 is 0 Å². The lowest BCUT2D eigenvalue weighted by Crippen LogP contribution is -2.28. The molecule has 0 amide bonds. The van der Waals surface area contributed by atoms with Crippen molar-refractivity contribution in [2.45, 2.75) is 110 Å². The SMILES string of the molecule is CCCCCCCC/C=C\CCCCCCCCN1CCN=C1CC. The van der Waals surface area contributed by atoms with Crippen molar-refractivity contribution in [1.82, 2.24) is 4.90 Å². The topological polar surface area (TPSA) is 15.6 Å². The summed E-state index contributed by atoms with van der Waals surface area (Å²) in [4.78, 5) is 7.06. The molecule has 0 spiro atoms. The molecule has 25 heavy (non-hydrogen) atoms. The van der Waals surface area contributed by atoms with Gasteiger partial charge in [0.1, 0.15) is 0 Å². The van der Waals surface area contributed by atoms with Crippen molar-refractivity contribution in [1.29, 1.82) is 0 Å². The van der Waals surface area contributed by atoms with Gasteiger partial charge in [-0.2, -0.15) is 0 Å². The lowest BCUT2D eigenvalue weighted by molar-refractivity contribution is 0.425. The fraction of sp³-hybridized carbons (Fsp3) is 0.870. The summed E-state index contributed by atoms with van der Waals surface area (Å²) in [7, 11) is 0. The average molecular weight is 349 g/mol. The number of hydrogen-bond donors (Lipinski definition) is 0. The Balaban J connectivity index is 1.77. The first kappa shape index (κ1) is 22.3. The molecule has 0 saturated heterocycles. The van der Waals surface area contributed by atoms with Gasteiger partial charge in [0.05, 0.1) is 12.4 Å². The Morgan fingerprint density at radius 2 is 1.32 bits per heavy atom. The second-order valence-corrected chi connectivity index (χ2v) is 7.58. The maximum absolute atomic E-state index is 4.56. The Hall–Kier alpha value is -0.790. The van der Waals surface area contributed by atoms with Gasteiger partial charge in [0, 0.05) is 19.5 Å². The van der Waals surface area contributed by atoms with Crippen LogP contribution in [0.25, 0.3) is 0 Å². The first-order valence-electron chi connectivity index (χ1n) is 11.3. The number of aliphatic imine (C=N–C) groups is 1. The van der Waals surface area contributed by atoms with Crippen molar-refractivity contribution in [2.24, 2.45) is 4.99 Å². The first-order chi connectivity index (χ1) is 12.4. The molecule has 1 rings (SSSR count). The third-order valence-electron chi connectivity index (χ3n) is 5.29. The van der Waals surface area contributed by atoms with E-state index in [0.717, 1.165) is 19.5 Å². The lowest BCUT2D eigenvalue weighted by atomic mass is 10.1. The number of hydrogen-bond acceptors (Lipinski definition) is 2. The maximum atomic E-state index is 4.56. The average Bonchev–Trinajstić information content (AvgIpc) is 3.09. The zero-order valence-electron chi connectivity index (χ0n) is 17.3. The van der Waals surface area contributed by atoms with Gasteiger partial charge in [-0.3, -0.25) is 4.99 Å². The molecule has 0 N–H and O–H groups in total. The minimum atomic E-state index is 1.02. The molecule has 1 aliphatic rings. The molecule has 0 saturated carbocycles. The zero-order valence-corrected chi connectivity index (χ0v) is 17.3. The van der Waals surface area contributed by atoms with E-state index in [0.29, 0.717) is 0 Å². The molecule has 1 aliphatic heterocycles. The van der Waals surface area contributed by atoms with E-state index in [9.17, 15) is 0 Å². The van der Waals surface area contributed by atoms with Crippen LogP contribution in [0.15, 0.2) is 17.1 Å². The standard InChI is InChI=1S/C23H44N2/c1-3-5-6-7-8-9-10-11-12-13-14-15-16-17-18-19-21-25-22-20-24-23(25)4-2/h11-12H,3-10,13-22H2,1-2H3/b12-11-. The molecular formula is C23H44N2. The highest BCUT2D eigenvalue weighted by Crippen LogP contribution is 2.11. The third kappa shape index (κ3) is 12.2. The zero-order chi connectivity index (χ0) is 18.0. The van der Waals surface area contributed by atoms with Crippen LogP contribution in [-0.4, -0.2) is 30.4 Å². The second-order valence-electron chi connectivity index (χ2n) is 7.58. The van der Waals surface area contributed by atoms with E-state index in [-0.39, 0.29) is 0 Å². The van der Waals surface area contributed by atoms with Crippen LogP contribution in [0.2, 0.25) is 0 Å². The van der Waals surface area contributed by atoms with Gasteiger partial charge in [-0.05, 0) is 32.1 Å². The normalized spacial score (nSPS) is 14.6. The Kier molecular flexibility index (Phi) is 14.8. The first-order valence-corrected chi connectivity index (χ1v) is 11.3. The Labute approximate surface area is 158 Å². The monoisotopic (exact) mass is 348 g/mol. The van der Waals surface area contributed by atoms with Gasteiger partial charge in [-0.15, -0.1) is 0 Å². The largest absolute Gasteiger partial charge is 0.359 e. The number of amidine groups is 1. The van der Waals surface area contributed by atoms with E-state index in [4.69, 9.17) is 0 Å². The molecule has 0 radical (unpaired) electrons. The molecule has 146 valence electrons. The smallest absolute Gasteiger partial charge is 0.0987 e. The third-order valence-corrected chi connectivity index (χ3v) is 5.29. The summed E-state index contributed by atoms with van der Waals surface area (Å²) in [6.45, 7) is 7.92. The predicted octanol–water partition coefficient (Wildman–Crippen LogP) is 7.15. The quantitative estimate of drug-likeness (QED) is 0.201. The van der Waals surface area contributed by atoms with Crippen LogP contribution >= 0.6 is 0 Å². The molecular weight excluding hydrogens is 304 g/mol. The summed E-state index contributed by atoms with van der Waals surface area (Å²) >= 11 is 0. The maximum Gasteiger partial charge on any atom is 0.0987 e. The van der Waals surface area contributed by atoms with Crippen molar-refractivity contribution in [3.8, 4) is 0 Å². The fourth-order valence-electron chi connectivity index (χ4n) is 3.66. The van der Waals surface area contributed by atoms with E-state index >= 15 is 0 Å². The van der Waals surface area contributed by atoms with Crippen LogP contribution in [0, 0.1) is 0 Å². The molecule has 0 unspecified atom stereocenters. The number of allylic oxidation sites excluding steroid dienone is 2. The molecule has 2 heteroatoms. The van der Waals surface area contributed by atoms with Gasteiger partial charge in [0.25, 0.3) is 0 Å². The van der Waals surface area contributed by atoms with Crippen LogP contribution in [0.5, 0.6) is 0 Å². The summed E-state index contributed by atoms with van der Waals surface area (Å²) in [6, 6.07) is 0. The van der Waals surface area contributed by atoms with Gasteiger partial charge >= 0.3 is 0 Å². The number of unbranched alkanes of at least 4 members (excludes halogenated alkanes) is 12. The van der Waals surface area contributed by atoms with E-state index in [1.165, 1.54) is 102 Å². The fourth-order valence-corrected chi connectivity index (χ4v) is 3.66. The van der Waals surface area contributed by atoms with Crippen LogP contribution in [-0.2, 0) is 0 Å². The summed E-state index contributed by atoms with van der Waals surface area (Å²) in [5.74, 6) is 1.34. The molecule has 0 aromatic carbocycles. The number of nitrogens with zero attached hydrogens (tertiary/aromatic N) is 2. The molecule has 0 aromatic heterocycles. The Morgan fingerprint density at radius 3 is 1.92 bits per heavy atom. The van der Waals surface area contributed by atoms with Gasteiger partial charge in [0.15, 0.2) is 0 Å². The van der Waals surface area contributed by atoms with Crippen molar-refractivity contribution >= 4 is 5.84 Å². The highest BCUT2D eigenvalue weighted by atomic mass is 15.2. The molecule has 0 aromatic rings. The van der Waals surface area contributed by atoms with E-state index < -0.39 is 0 Å². The minimum absolute atomic E-state index is 1.02. The molecule has 0 atom stereocenters. The molecule has 0 bridgehead atoms. The number of rotatable bonds is 17. The van der Waals surface area contributed by atoms with Gasteiger partial charge < -0.3 is 4.90 Å². The van der Waals surface area contributed by atoms with Crippen molar-refractivity contribution < 1.29 is 0 Å². The van der Waals surface area contributed by atoms with E-state index in [1.807, 2.05) is 0 Å². The minimum Gasteiger partial charge on any atom is -0.359 e. The predicted molar refractivity (Wildman–Crippen MR) is 114 cm³/mol. The summed E-state index contributed by atoms with van der Waals surface area (Å²) < 4.78 is 0. The highest BCUT2D eigenvalue weighted by molar-refractivity contribution is 5.83. The summed E-state index contributed by atoms with van der Waals surface area (Å²) in [6.07, 6.45) is 25.3. The highest BCUT2D eigenvalue weighted by Gasteiger charge is 2.13. The van der Waals surface area contributed by atoms with Gasteiger partial charge in [0.2, 0.25) is 0 Å². The van der Waals surface area contributed by atoms with Crippen molar-refractivity contribution in [3.63, 3.8) is 0 Å². The van der Waals surface area contributed by atoms with Crippen molar-refractivity contribution in [2.75, 3.05) is 19.6 Å². The van der Waals surface area contributed by atoms with E-state index in [1.54, 1.807) is 0 Å². The Morgan fingerprint density at radius 1 is 0.760 bits per heavy atom. The van der Waals surface area contributed by atoms with Crippen LogP contribution in [0.3, 0.4) is 0 Å². The molecule has 2 nitrogen and oxygen atoms in total. The lowest BCUT2D eigenvalue weighted by Gasteiger charge is -2.19.